The summed E-state index contributed by atoms with van der Waals surface area (Å²) in [6, 6.07) is 16.6. The van der Waals surface area contributed by atoms with Crippen molar-refractivity contribution >= 4 is 75.4 Å². The van der Waals surface area contributed by atoms with Crippen LogP contribution in [0.15, 0.2) is 66.2 Å². The standard InChI is InChI=1S/C25H17Cl2IN2O4/c1-14-6-8-17(12-20(14)27)30-24(32)18(23(31)29-25(30)33)10-15-7-9-22(21(28)11-15)34-13-16-4-2-3-5-19(16)26/h2-12H,13H2,1H3,(H,29,31,33)/b18-10-. The van der Waals surface area contributed by atoms with Crippen molar-refractivity contribution in [2.24, 2.45) is 0 Å². The summed E-state index contributed by atoms with van der Waals surface area (Å²) in [5.74, 6) is -0.866. The fourth-order valence-corrected chi connectivity index (χ4v) is 4.33. The first-order valence-corrected chi connectivity index (χ1v) is 11.9. The summed E-state index contributed by atoms with van der Waals surface area (Å²) in [5, 5.41) is 3.23. The van der Waals surface area contributed by atoms with Crippen LogP contribution in [0.3, 0.4) is 0 Å². The van der Waals surface area contributed by atoms with E-state index in [1.165, 1.54) is 12.1 Å². The predicted octanol–water partition coefficient (Wildman–Crippen LogP) is 6.15. The van der Waals surface area contributed by atoms with Crippen LogP contribution in [0.2, 0.25) is 10.0 Å². The van der Waals surface area contributed by atoms with Gasteiger partial charge in [-0.25, -0.2) is 9.69 Å². The lowest BCUT2D eigenvalue weighted by molar-refractivity contribution is -0.122. The molecule has 0 aliphatic carbocycles. The lowest BCUT2D eigenvalue weighted by Gasteiger charge is -2.26. The topological polar surface area (TPSA) is 75.7 Å². The number of ether oxygens (including phenoxy) is 1. The van der Waals surface area contributed by atoms with Gasteiger partial charge in [0.25, 0.3) is 11.8 Å². The molecule has 0 unspecified atom stereocenters. The molecule has 0 spiro atoms. The highest BCUT2D eigenvalue weighted by Gasteiger charge is 2.37. The Morgan fingerprint density at radius 1 is 1.00 bits per heavy atom. The van der Waals surface area contributed by atoms with Crippen molar-refractivity contribution in [3.63, 3.8) is 0 Å². The second-order valence-corrected chi connectivity index (χ2v) is 9.44. The van der Waals surface area contributed by atoms with E-state index in [4.69, 9.17) is 27.9 Å². The average Bonchev–Trinajstić information content (AvgIpc) is 2.79. The van der Waals surface area contributed by atoms with Crippen LogP contribution in [0.25, 0.3) is 6.08 Å². The lowest BCUT2D eigenvalue weighted by Crippen LogP contribution is -2.54. The first-order valence-electron chi connectivity index (χ1n) is 10.1. The number of benzene rings is 3. The maximum absolute atomic E-state index is 13.1. The molecule has 1 heterocycles. The van der Waals surface area contributed by atoms with Gasteiger partial charge in [0.15, 0.2) is 0 Å². The number of aryl methyl sites for hydroxylation is 1. The maximum Gasteiger partial charge on any atom is 0.335 e. The highest BCUT2D eigenvalue weighted by Crippen LogP contribution is 2.28. The van der Waals surface area contributed by atoms with Gasteiger partial charge in [0.05, 0.1) is 9.26 Å². The Hall–Kier alpha value is -2.88. The number of nitrogens with zero attached hydrogens (tertiary/aromatic N) is 1. The summed E-state index contributed by atoms with van der Waals surface area (Å²) >= 11 is 14.5. The van der Waals surface area contributed by atoms with Gasteiger partial charge < -0.3 is 4.74 Å². The molecule has 1 aliphatic rings. The summed E-state index contributed by atoms with van der Waals surface area (Å²) in [6.45, 7) is 2.11. The van der Waals surface area contributed by atoms with Gasteiger partial charge in [-0.3, -0.25) is 14.9 Å². The van der Waals surface area contributed by atoms with Gasteiger partial charge in [-0.2, -0.15) is 0 Å². The monoisotopic (exact) mass is 606 g/mol. The Balaban J connectivity index is 1.58. The number of imide groups is 2. The molecule has 1 fully saturated rings. The third-order valence-corrected chi connectivity index (χ3v) is 6.74. The van der Waals surface area contributed by atoms with Gasteiger partial charge in [0.1, 0.15) is 17.9 Å². The number of halogens is 3. The van der Waals surface area contributed by atoms with Crippen LogP contribution < -0.4 is 15.0 Å². The van der Waals surface area contributed by atoms with Crippen molar-refractivity contribution in [1.82, 2.24) is 5.32 Å². The van der Waals surface area contributed by atoms with E-state index in [-0.39, 0.29) is 11.3 Å². The van der Waals surface area contributed by atoms with Gasteiger partial charge in [-0.1, -0.05) is 53.5 Å². The van der Waals surface area contributed by atoms with Crippen LogP contribution in [0, 0.1) is 10.5 Å². The van der Waals surface area contributed by atoms with Crippen LogP contribution >= 0.6 is 45.8 Å². The fourth-order valence-electron chi connectivity index (χ4n) is 3.27. The van der Waals surface area contributed by atoms with Crippen molar-refractivity contribution in [2.45, 2.75) is 13.5 Å². The Morgan fingerprint density at radius 2 is 1.76 bits per heavy atom. The number of amides is 4. The number of rotatable bonds is 5. The number of hydrogen-bond acceptors (Lipinski definition) is 4. The minimum absolute atomic E-state index is 0.170. The second-order valence-electron chi connectivity index (χ2n) is 7.46. The van der Waals surface area contributed by atoms with Crippen molar-refractivity contribution in [1.29, 1.82) is 0 Å². The third kappa shape index (κ3) is 5.11. The van der Waals surface area contributed by atoms with E-state index in [0.717, 1.165) is 19.6 Å². The number of barbiturate groups is 1. The largest absolute Gasteiger partial charge is 0.488 e. The normalized spacial score (nSPS) is 15.0. The molecule has 0 atom stereocenters. The van der Waals surface area contributed by atoms with Gasteiger partial charge in [0, 0.05) is 15.6 Å². The van der Waals surface area contributed by atoms with Crippen LogP contribution in [-0.2, 0) is 16.2 Å². The number of carbonyl (C=O) groups excluding carboxylic acids is 3. The lowest BCUT2D eigenvalue weighted by atomic mass is 10.1. The zero-order valence-corrected chi connectivity index (χ0v) is 21.4. The molecule has 4 amide bonds. The predicted molar refractivity (Wildman–Crippen MR) is 140 cm³/mol. The van der Waals surface area contributed by atoms with Crippen LogP contribution in [0.5, 0.6) is 5.75 Å². The molecule has 172 valence electrons. The van der Waals surface area contributed by atoms with Crippen molar-refractivity contribution in [3.05, 3.63) is 96.5 Å². The second kappa shape index (κ2) is 10.2. The van der Waals surface area contributed by atoms with E-state index in [0.29, 0.717) is 28.0 Å². The zero-order valence-electron chi connectivity index (χ0n) is 17.8. The number of anilines is 1. The summed E-state index contributed by atoms with van der Waals surface area (Å²) in [5.41, 5.74) is 2.36. The smallest absolute Gasteiger partial charge is 0.335 e. The van der Waals surface area contributed by atoms with E-state index in [1.54, 1.807) is 36.4 Å². The fraction of sp³-hybridized carbons (Fsp3) is 0.0800. The number of hydrogen-bond donors (Lipinski definition) is 1. The Labute approximate surface area is 219 Å². The number of carbonyl (C=O) groups is 3. The Morgan fingerprint density at radius 3 is 2.47 bits per heavy atom. The van der Waals surface area contributed by atoms with Crippen LogP contribution in [0.1, 0.15) is 16.7 Å². The summed E-state index contributed by atoms with van der Waals surface area (Å²) in [4.78, 5) is 38.8. The van der Waals surface area contributed by atoms with Crippen LogP contribution in [-0.4, -0.2) is 17.8 Å². The van der Waals surface area contributed by atoms with Crippen molar-refractivity contribution in [3.8, 4) is 5.75 Å². The molecule has 1 aliphatic heterocycles. The maximum atomic E-state index is 13.1. The highest BCUT2D eigenvalue weighted by atomic mass is 127. The third-order valence-electron chi connectivity index (χ3n) is 5.12. The SMILES string of the molecule is Cc1ccc(N2C(=O)NC(=O)/C(=C/c3ccc(OCc4ccccc4Cl)c(I)c3)C2=O)cc1Cl. The molecule has 4 rings (SSSR count). The van der Waals surface area contributed by atoms with E-state index >= 15 is 0 Å². The van der Waals surface area contributed by atoms with Crippen molar-refractivity contribution in [2.75, 3.05) is 4.90 Å². The van der Waals surface area contributed by atoms with Crippen LogP contribution in [0.4, 0.5) is 10.5 Å². The molecule has 0 saturated carbocycles. The van der Waals surface area contributed by atoms with Gasteiger partial charge >= 0.3 is 6.03 Å². The Kier molecular flexibility index (Phi) is 7.25. The molecule has 3 aromatic carbocycles. The first kappa shape index (κ1) is 24.3. The minimum atomic E-state index is -0.829. The zero-order chi connectivity index (χ0) is 24.4. The molecule has 1 saturated heterocycles. The van der Waals surface area contributed by atoms with E-state index in [1.807, 2.05) is 25.1 Å². The molecule has 0 aromatic heterocycles. The van der Waals surface area contributed by atoms with E-state index in [9.17, 15) is 14.4 Å². The average molecular weight is 607 g/mol. The number of nitrogens with one attached hydrogen (secondary N) is 1. The molecule has 34 heavy (non-hydrogen) atoms. The van der Waals surface area contributed by atoms with Crippen molar-refractivity contribution < 1.29 is 19.1 Å². The van der Waals surface area contributed by atoms with E-state index < -0.39 is 17.8 Å². The molecule has 0 bridgehead atoms. The quantitative estimate of drug-likeness (QED) is 0.215. The first-order chi connectivity index (χ1) is 16.2. The molecular formula is C25H17Cl2IN2O4. The van der Waals surface area contributed by atoms with E-state index in [2.05, 4.69) is 27.9 Å². The number of urea groups is 1. The van der Waals surface area contributed by atoms with Gasteiger partial charge in [-0.05, 0) is 77.0 Å². The molecule has 6 nitrogen and oxygen atoms in total. The summed E-state index contributed by atoms with van der Waals surface area (Å²) in [7, 11) is 0. The summed E-state index contributed by atoms with van der Waals surface area (Å²) in [6.07, 6.45) is 1.44. The molecule has 0 radical (unpaired) electrons. The van der Waals surface area contributed by atoms with Gasteiger partial charge in [0.2, 0.25) is 0 Å². The molecule has 1 N–H and O–H groups in total. The summed E-state index contributed by atoms with van der Waals surface area (Å²) < 4.78 is 6.66. The Bertz CT molecular complexity index is 1360. The molecule has 3 aromatic rings. The van der Waals surface area contributed by atoms with Gasteiger partial charge in [-0.15, -0.1) is 0 Å². The molecular weight excluding hydrogens is 590 g/mol. The molecule has 9 heteroatoms. The highest BCUT2D eigenvalue weighted by molar-refractivity contribution is 14.1. The minimum Gasteiger partial charge on any atom is -0.488 e.